The van der Waals surface area contributed by atoms with Gasteiger partial charge in [0.1, 0.15) is 5.15 Å². The van der Waals surface area contributed by atoms with E-state index < -0.39 is 0 Å². The van der Waals surface area contributed by atoms with E-state index in [1.54, 1.807) is 24.3 Å². The van der Waals surface area contributed by atoms with Crippen LogP contribution in [0.15, 0.2) is 22.9 Å². The molecule has 2 aromatic rings. The number of halogens is 1. The fourth-order valence-corrected chi connectivity index (χ4v) is 5.79. The van der Waals surface area contributed by atoms with Crippen molar-refractivity contribution in [3.63, 3.8) is 0 Å². The first-order chi connectivity index (χ1) is 17.8. The van der Waals surface area contributed by atoms with Gasteiger partial charge < -0.3 is 20.4 Å². The highest BCUT2D eigenvalue weighted by Gasteiger charge is 2.29. The van der Waals surface area contributed by atoms with Crippen LogP contribution in [0.5, 0.6) is 0 Å². The molecule has 0 saturated carbocycles. The number of pyridine rings is 1. The molecule has 37 heavy (non-hydrogen) atoms. The van der Waals surface area contributed by atoms with Crippen LogP contribution < -0.4 is 10.6 Å². The zero-order valence-electron chi connectivity index (χ0n) is 21.9. The van der Waals surface area contributed by atoms with E-state index in [-0.39, 0.29) is 18.0 Å². The van der Waals surface area contributed by atoms with E-state index in [2.05, 4.69) is 45.0 Å². The summed E-state index contributed by atoms with van der Waals surface area (Å²) in [4.78, 5) is 34.3. The van der Waals surface area contributed by atoms with E-state index in [0.717, 1.165) is 43.5 Å². The number of nitriles is 1. The number of piperidine rings is 1. The van der Waals surface area contributed by atoms with Gasteiger partial charge >= 0.3 is 6.03 Å². The fourth-order valence-electron chi connectivity index (χ4n) is 4.84. The van der Waals surface area contributed by atoms with E-state index in [4.69, 9.17) is 16.9 Å². The van der Waals surface area contributed by atoms with Gasteiger partial charge in [-0.25, -0.2) is 9.78 Å². The molecule has 1 atom stereocenters. The van der Waals surface area contributed by atoms with Crippen LogP contribution in [0.3, 0.4) is 0 Å². The zero-order chi connectivity index (χ0) is 26.8. The molecule has 2 aromatic heterocycles. The molecule has 0 aliphatic carbocycles. The normalized spacial score (nSPS) is 15.1. The highest BCUT2D eigenvalue weighted by Crippen LogP contribution is 2.22. The summed E-state index contributed by atoms with van der Waals surface area (Å²) in [5.74, 6) is -0.116. The van der Waals surface area contributed by atoms with Gasteiger partial charge in [0.15, 0.2) is 0 Å². The van der Waals surface area contributed by atoms with E-state index in [0.29, 0.717) is 54.9 Å². The summed E-state index contributed by atoms with van der Waals surface area (Å²) in [5.41, 5.74) is 3.20. The van der Waals surface area contributed by atoms with Gasteiger partial charge in [-0.1, -0.05) is 11.6 Å². The largest absolute Gasteiger partial charge is 0.352 e. The van der Waals surface area contributed by atoms with Crippen LogP contribution >= 0.6 is 22.9 Å². The number of nitrogens with zero attached hydrogens (tertiary/aromatic N) is 4. The maximum absolute atomic E-state index is 13.0. The smallest absolute Gasteiger partial charge is 0.317 e. The van der Waals surface area contributed by atoms with Crippen LogP contribution in [-0.4, -0.2) is 65.0 Å². The number of nitrogens with one attached hydrogen (secondary N) is 2. The van der Waals surface area contributed by atoms with Crippen molar-refractivity contribution in [3.8, 4) is 6.07 Å². The van der Waals surface area contributed by atoms with Gasteiger partial charge in [-0.3, -0.25) is 4.79 Å². The maximum Gasteiger partial charge on any atom is 0.317 e. The van der Waals surface area contributed by atoms with Gasteiger partial charge in [0.05, 0.1) is 17.3 Å². The molecule has 1 aliphatic heterocycles. The summed E-state index contributed by atoms with van der Waals surface area (Å²) in [7, 11) is 0. The van der Waals surface area contributed by atoms with E-state index in [1.807, 2.05) is 17.2 Å². The Morgan fingerprint density at radius 1 is 1.30 bits per heavy atom. The third-order valence-electron chi connectivity index (χ3n) is 6.94. The Labute approximate surface area is 229 Å². The number of aromatic nitrogens is 1. The third kappa shape index (κ3) is 8.42. The van der Waals surface area contributed by atoms with Crippen molar-refractivity contribution in [1.82, 2.24) is 25.4 Å². The van der Waals surface area contributed by atoms with Crippen molar-refractivity contribution in [3.05, 3.63) is 50.4 Å². The maximum atomic E-state index is 13.0. The second kappa shape index (κ2) is 14.3. The molecule has 0 aromatic carbocycles. The quantitative estimate of drug-likeness (QED) is 0.309. The standard InChI is InChI=1S/C27H37ClN6O2S/c1-19-16-24(28)32-21(3)25(19)26(35)30-12-6-20(2)33-13-7-23(8-14-33)34(17-22-9-15-37-18-22)27(36)31-11-5-4-10-29/h9,15-16,18,20,23H,4-8,11-14,17H2,1-3H3,(H,30,35)(H,31,36)/t20-/m1/s1. The predicted octanol–water partition coefficient (Wildman–Crippen LogP) is 4.90. The number of rotatable bonds is 11. The highest BCUT2D eigenvalue weighted by molar-refractivity contribution is 7.07. The van der Waals surface area contributed by atoms with Gasteiger partial charge in [0.2, 0.25) is 0 Å². The Kier molecular flexibility index (Phi) is 11.2. The van der Waals surface area contributed by atoms with Gasteiger partial charge in [-0.15, -0.1) is 0 Å². The highest BCUT2D eigenvalue weighted by atomic mass is 35.5. The van der Waals surface area contributed by atoms with Crippen LogP contribution in [0.25, 0.3) is 0 Å². The summed E-state index contributed by atoms with van der Waals surface area (Å²) in [6.07, 6.45) is 3.75. The zero-order valence-corrected chi connectivity index (χ0v) is 23.5. The van der Waals surface area contributed by atoms with Crippen molar-refractivity contribution in [1.29, 1.82) is 5.26 Å². The molecule has 8 nitrogen and oxygen atoms in total. The van der Waals surface area contributed by atoms with E-state index in [1.165, 1.54) is 0 Å². The number of carbonyl (C=O) groups excluding carboxylic acids is 2. The number of amides is 3. The summed E-state index contributed by atoms with van der Waals surface area (Å²) in [6, 6.07) is 6.33. The van der Waals surface area contributed by atoms with Crippen molar-refractivity contribution in [2.24, 2.45) is 0 Å². The Morgan fingerprint density at radius 2 is 2.05 bits per heavy atom. The van der Waals surface area contributed by atoms with Crippen LogP contribution in [-0.2, 0) is 6.54 Å². The molecule has 0 unspecified atom stereocenters. The second-order valence-electron chi connectivity index (χ2n) is 9.64. The molecule has 0 bridgehead atoms. The molecule has 1 saturated heterocycles. The number of aryl methyl sites for hydroxylation is 2. The first-order valence-electron chi connectivity index (χ1n) is 12.9. The lowest BCUT2D eigenvalue weighted by Gasteiger charge is -2.40. The van der Waals surface area contributed by atoms with Crippen molar-refractivity contribution >= 4 is 34.9 Å². The predicted molar refractivity (Wildman–Crippen MR) is 148 cm³/mol. The van der Waals surface area contributed by atoms with Crippen molar-refractivity contribution < 1.29 is 9.59 Å². The number of carbonyl (C=O) groups is 2. The summed E-state index contributed by atoms with van der Waals surface area (Å²) in [6.45, 7) is 9.36. The Balaban J connectivity index is 1.48. The van der Waals surface area contributed by atoms with Crippen molar-refractivity contribution in [2.45, 2.75) is 71.5 Å². The first-order valence-corrected chi connectivity index (χ1v) is 14.2. The lowest BCUT2D eigenvalue weighted by Crippen LogP contribution is -2.52. The van der Waals surface area contributed by atoms with E-state index in [9.17, 15) is 9.59 Å². The lowest BCUT2D eigenvalue weighted by molar-refractivity contribution is 0.0904. The Morgan fingerprint density at radius 3 is 2.70 bits per heavy atom. The average molecular weight is 545 g/mol. The fraction of sp³-hybridized carbons (Fsp3) is 0.556. The molecule has 1 aliphatic rings. The molecule has 1 fully saturated rings. The number of unbranched alkanes of at least 4 members (excludes halogenated alkanes) is 1. The van der Waals surface area contributed by atoms with Gasteiger partial charge in [0.25, 0.3) is 5.91 Å². The molecular weight excluding hydrogens is 508 g/mol. The first kappa shape index (κ1) is 28.9. The second-order valence-corrected chi connectivity index (χ2v) is 10.8. The minimum absolute atomic E-state index is 0.0550. The molecule has 10 heteroatoms. The molecule has 3 amide bonds. The number of thiophene rings is 1. The third-order valence-corrected chi connectivity index (χ3v) is 7.87. The topological polar surface area (TPSA) is 101 Å². The van der Waals surface area contributed by atoms with Crippen LogP contribution in [0.2, 0.25) is 5.15 Å². The summed E-state index contributed by atoms with van der Waals surface area (Å²) >= 11 is 7.63. The molecule has 0 radical (unpaired) electrons. The summed E-state index contributed by atoms with van der Waals surface area (Å²) in [5, 5.41) is 19.3. The van der Waals surface area contributed by atoms with Gasteiger partial charge in [0, 0.05) is 51.2 Å². The molecule has 200 valence electrons. The SMILES string of the molecule is Cc1cc(Cl)nc(C)c1C(=O)NCC[C@@H](C)N1CCC(N(Cc2ccsc2)C(=O)NCCCC#N)CC1. The van der Waals surface area contributed by atoms with Gasteiger partial charge in [-0.05, 0) is 80.5 Å². The number of hydrogen-bond donors (Lipinski definition) is 2. The summed E-state index contributed by atoms with van der Waals surface area (Å²) < 4.78 is 0. The van der Waals surface area contributed by atoms with E-state index >= 15 is 0 Å². The average Bonchev–Trinajstić information content (AvgIpc) is 3.38. The number of urea groups is 1. The minimum atomic E-state index is -0.116. The Bertz CT molecular complexity index is 1060. The van der Waals surface area contributed by atoms with Crippen LogP contribution in [0, 0.1) is 25.2 Å². The molecule has 0 spiro atoms. The van der Waals surface area contributed by atoms with Gasteiger partial charge in [-0.2, -0.15) is 16.6 Å². The number of likely N-dealkylation sites (tertiary alicyclic amines) is 1. The number of hydrogen-bond acceptors (Lipinski definition) is 6. The molecule has 3 heterocycles. The monoisotopic (exact) mass is 544 g/mol. The minimum Gasteiger partial charge on any atom is -0.352 e. The van der Waals surface area contributed by atoms with Crippen molar-refractivity contribution in [2.75, 3.05) is 26.2 Å². The molecule has 3 rings (SSSR count). The Hall–Kier alpha value is -2.67. The lowest BCUT2D eigenvalue weighted by atomic mass is 10.0. The van der Waals surface area contributed by atoms with Crippen LogP contribution in [0.1, 0.15) is 66.2 Å². The molecular formula is C27H37ClN6O2S. The van der Waals surface area contributed by atoms with Crippen LogP contribution in [0.4, 0.5) is 4.79 Å². The molecule has 2 N–H and O–H groups in total.